The van der Waals surface area contributed by atoms with E-state index in [1.807, 2.05) is 4.90 Å². The molecule has 1 fully saturated rings. The fraction of sp³-hybridized carbons (Fsp3) is 0.500. The molecule has 0 bridgehead atoms. The molecule has 0 aliphatic carbocycles. The molecule has 2 atom stereocenters. The van der Waals surface area contributed by atoms with Crippen molar-refractivity contribution in [1.82, 2.24) is 4.90 Å². The third-order valence-corrected chi connectivity index (χ3v) is 3.56. The van der Waals surface area contributed by atoms with Gasteiger partial charge in [-0.2, -0.15) is 0 Å². The normalized spacial score (nSPS) is 22.2. The van der Waals surface area contributed by atoms with E-state index >= 15 is 0 Å². The Kier molecular flexibility index (Phi) is 4.27. The zero-order valence-electron chi connectivity index (χ0n) is 10.8. The SMILES string of the molecule is CC(C(=O)c1ccc(F)c(F)c1)N1CCCC(O)C1. The van der Waals surface area contributed by atoms with E-state index in [0.717, 1.165) is 31.5 Å². The number of ketones is 1. The van der Waals surface area contributed by atoms with Crippen LogP contribution < -0.4 is 0 Å². The molecule has 1 aromatic carbocycles. The summed E-state index contributed by atoms with van der Waals surface area (Å²) in [6.07, 6.45) is 1.15. The largest absolute Gasteiger partial charge is 0.392 e. The molecule has 0 saturated carbocycles. The molecule has 104 valence electrons. The number of carbonyl (C=O) groups excluding carboxylic acids is 1. The van der Waals surface area contributed by atoms with Gasteiger partial charge in [-0.25, -0.2) is 8.78 Å². The number of aliphatic hydroxyl groups excluding tert-OH is 1. The van der Waals surface area contributed by atoms with Gasteiger partial charge in [0, 0.05) is 12.1 Å². The van der Waals surface area contributed by atoms with Gasteiger partial charge in [-0.3, -0.25) is 9.69 Å². The summed E-state index contributed by atoms with van der Waals surface area (Å²) in [4.78, 5) is 14.1. The van der Waals surface area contributed by atoms with Crippen molar-refractivity contribution in [3.05, 3.63) is 35.4 Å². The van der Waals surface area contributed by atoms with Crippen molar-refractivity contribution < 1.29 is 18.7 Å². The molecule has 19 heavy (non-hydrogen) atoms. The highest BCUT2D eigenvalue weighted by Gasteiger charge is 2.27. The van der Waals surface area contributed by atoms with Crippen LogP contribution in [0.5, 0.6) is 0 Å². The Labute approximate surface area is 110 Å². The number of halogens is 2. The van der Waals surface area contributed by atoms with Gasteiger partial charge in [-0.1, -0.05) is 0 Å². The standard InChI is InChI=1S/C14H17F2NO2/c1-9(17-6-2-3-11(18)8-17)14(19)10-4-5-12(15)13(16)7-10/h4-5,7,9,11,18H,2-3,6,8H2,1H3. The smallest absolute Gasteiger partial charge is 0.179 e. The number of rotatable bonds is 3. The third-order valence-electron chi connectivity index (χ3n) is 3.56. The van der Waals surface area contributed by atoms with Crippen LogP contribution in [0.3, 0.4) is 0 Å². The first-order valence-corrected chi connectivity index (χ1v) is 6.40. The van der Waals surface area contributed by atoms with Crippen molar-refractivity contribution >= 4 is 5.78 Å². The van der Waals surface area contributed by atoms with Crippen molar-refractivity contribution in [3.8, 4) is 0 Å². The Morgan fingerprint density at radius 1 is 1.42 bits per heavy atom. The molecule has 0 amide bonds. The minimum atomic E-state index is -1.02. The number of hydrogen-bond donors (Lipinski definition) is 1. The van der Waals surface area contributed by atoms with E-state index in [4.69, 9.17) is 0 Å². The van der Waals surface area contributed by atoms with Crippen LogP contribution in [0.15, 0.2) is 18.2 Å². The average molecular weight is 269 g/mol. The van der Waals surface area contributed by atoms with Gasteiger partial charge in [0.05, 0.1) is 12.1 Å². The number of likely N-dealkylation sites (tertiary alicyclic amines) is 1. The maximum Gasteiger partial charge on any atom is 0.179 e. The minimum Gasteiger partial charge on any atom is -0.392 e. The highest BCUT2D eigenvalue weighted by molar-refractivity contribution is 5.99. The summed E-state index contributed by atoms with van der Waals surface area (Å²) in [5.74, 6) is -2.23. The van der Waals surface area contributed by atoms with Crippen LogP contribution in [-0.2, 0) is 0 Å². The molecule has 1 N–H and O–H groups in total. The molecule has 1 aliphatic heterocycles. The van der Waals surface area contributed by atoms with Crippen LogP contribution in [0.2, 0.25) is 0 Å². The molecule has 1 aromatic rings. The Morgan fingerprint density at radius 2 is 2.16 bits per heavy atom. The monoisotopic (exact) mass is 269 g/mol. The second-order valence-corrected chi connectivity index (χ2v) is 4.96. The lowest BCUT2D eigenvalue weighted by Gasteiger charge is -2.34. The van der Waals surface area contributed by atoms with E-state index in [1.165, 1.54) is 6.07 Å². The van der Waals surface area contributed by atoms with Crippen LogP contribution in [0.1, 0.15) is 30.1 Å². The molecule has 1 saturated heterocycles. The van der Waals surface area contributed by atoms with E-state index in [9.17, 15) is 18.7 Å². The molecule has 1 heterocycles. The maximum atomic E-state index is 13.1. The minimum absolute atomic E-state index is 0.159. The van der Waals surface area contributed by atoms with Crippen LogP contribution in [-0.4, -0.2) is 41.0 Å². The predicted octanol–water partition coefficient (Wildman–Crippen LogP) is 1.99. The number of carbonyl (C=O) groups is 1. The molecular weight excluding hydrogens is 252 g/mol. The van der Waals surface area contributed by atoms with E-state index < -0.39 is 23.8 Å². The lowest BCUT2D eigenvalue weighted by molar-refractivity contribution is 0.0454. The van der Waals surface area contributed by atoms with Crippen molar-refractivity contribution in [2.75, 3.05) is 13.1 Å². The summed E-state index contributed by atoms with van der Waals surface area (Å²) in [5, 5.41) is 9.60. The van der Waals surface area contributed by atoms with Gasteiger partial charge in [0.2, 0.25) is 0 Å². The van der Waals surface area contributed by atoms with Gasteiger partial charge >= 0.3 is 0 Å². The Morgan fingerprint density at radius 3 is 2.79 bits per heavy atom. The third kappa shape index (κ3) is 3.16. The first kappa shape index (κ1) is 14.1. The number of nitrogens with zero attached hydrogens (tertiary/aromatic N) is 1. The molecule has 1 aliphatic rings. The first-order chi connectivity index (χ1) is 8.99. The summed E-state index contributed by atoms with van der Waals surface area (Å²) >= 11 is 0. The average Bonchev–Trinajstić information content (AvgIpc) is 2.40. The second kappa shape index (κ2) is 5.75. The molecule has 3 nitrogen and oxygen atoms in total. The number of piperidine rings is 1. The van der Waals surface area contributed by atoms with Crippen LogP contribution in [0, 0.1) is 11.6 Å². The number of Topliss-reactive ketones (excluding diaryl/α,β-unsaturated/α-hetero) is 1. The van der Waals surface area contributed by atoms with Crippen molar-refractivity contribution in [2.24, 2.45) is 0 Å². The van der Waals surface area contributed by atoms with Gasteiger partial charge in [-0.15, -0.1) is 0 Å². The first-order valence-electron chi connectivity index (χ1n) is 6.40. The molecule has 2 rings (SSSR count). The van der Waals surface area contributed by atoms with Crippen molar-refractivity contribution in [1.29, 1.82) is 0 Å². The lowest BCUT2D eigenvalue weighted by Crippen LogP contribution is -2.46. The second-order valence-electron chi connectivity index (χ2n) is 4.96. The van der Waals surface area contributed by atoms with Gasteiger partial charge < -0.3 is 5.11 Å². The Balaban J connectivity index is 2.11. The molecule has 0 spiro atoms. The van der Waals surface area contributed by atoms with Crippen LogP contribution in [0.4, 0.5) is 8.78 Å². The number of benzene rings is 1. The number of β-amino-alcohol motifs (C(OH)–C–C–N with tert-alkyl or cyclic N) is 1. The van der Waals surface area contributed by atoms with Gasteiger partial charge in [-0.05, 0) is 44.5 Å². The van der Waals surface area contributed by atoms with E-state index in [2.05, 4.69) is 0 Å². The number of hydrogen-bond acceptors (Lipinski definition) is 3. The summed E-state index contributed by atoms with van der Waals surface area (Å²) in [6, 6.07) is 2.73. The molecule has 0 aromatic heterocycles. The van der Waals surface area contributed by atoms with Gasteiger partial charge in [0.1, 0.15) is 0 Å². The van der Waals surface area contributed by atoms with Crippen molar-refractivity contribution in [2.45, 2.75) is 31.9 Å². The summed E-state index contributed by atoms with van der Waals surface area (Å²) in [6.45, 7) is 2.89. The summed E-state index contributed by atoms with van der Waals surface area (Å²) in [7, 11) is 0. The maximum absolute atomic E-state index is 13.1. The Hall–Kier alpha value is -1.33. The predicted molar refractivity (Wildman–Crippen MR) is 67.0 cm³/mol. The summed E-state index contributed by atoms with van der Waals surface area (Å²) in [5.41, 5.74) is 0.159. The summed E-state index contributed by atoms with van der Waals surface area (Å²) < 4.78 is 26.0. The topological polar surface area (TPSA) is 40.5 Å². The van der Waals surface area contributed by atoms with E-state index in [-0.39, 0.29) is 11.3 Å². The van der Waals surface area contributed by atoms with Crippen LogP contribution in [0.25, 0.3) is 0 Å². The lowest BCUT2D eigenvalue weighted by atomic mass is 10.0. The fourth-order valence-electron chi connectivity index (χ4n) is 2.39. The van der Waals surface area contributed by atoms with Gasteiger partial charge in [0.25, 0.3) is 0 Å². The van der Waals surface area contributed by atoms with E-state index in [0.29, 0.717) is 6.54 Å². The quantitative estimate of drug-likeness (QED) is 0.853. The molecule has 0 radical (unpaired) electrons. The zero-order valence-corrected chi connectivity index (χ0v) is 10.8. The van der Waals surface area contributed by atoms with Crippen molar-refractivity contribution in [3.63, 3.8) is 0 Å². The number of aliphatic hydroxyl groups is 1. The zero-order chi connectivity index (χ0) is 14.0. The molecule has 2 unspecified atom stereocenters. The molecule has 5 heteroatoms. The highest BCUT2D eigenvalue weighted by atomic mass is 19.2. The fourth-order valence-corrected chi connectivity index (χ4v) is 2.39. The van der Waals surface area contributed by atoms with Gasteiger partial charge in [0.15, 0.2) is 17.4 Å². The van der Waals surface area contributed by atoms with E-state index in [1.54, 1.807) is 6.92 Å². The van der Waals surface area contributed by atoms with Crippen LogP contribution >= 0.6 is 0 Å². The Bertz CT molecular complexity index is 479. The highest BCUT2D eigenvalue weighted by Crippen LogP contribution is 2.17. The molecular formula is C14H17F2NO2.